The fourth-order valence-corrected chi connectivity index (χ4v) is 2.73. The largest absolute Gasteiger partial charge is 0.573 e. The molecule has 4 nitrogen and oxygen atoms in total. The molecule has 0 aliphatic heterocycles. The normalized spacial score (nSPS) is 11.3. The van der Waals surface area contributed by atoms with Crippen molar-refractivity contribution < 1.29 is 22.7 Å². The zero-order valence-electron chi connectivity index (χ0n) is 14.6. The molecule has 3 N–H and O–H groups in total. The van der Waals surface area contributed by atoms with Crippen molar-refractivity contribution in [1.29, 1.82) is 0 Å². The molecule has 0 saturated heterocycles. The fraction of sp³-hybridized carbons (Fsp3) is 0.316. The first-order chi connectivity index (χ1) is 12.2. The molecule has 0 aliphatic rings. The van der Waals surface area contributed by atoms with E-state index in [9.17, 15) is 18.0 Å². The number of primary amides is 1. The van der Waals surface area contributed by atoms with Gasteiger partial charge in [-0.1, -0.05) is 18.2 Å². The Kier molecular flexibility index (Phi) is 6.13. The Hall–Kier alpha value is -2.70. The Bertz CT molecular complexity index is 772. The van der Waals surface area contributed by atoms with Gasteiger partial charge in [0.05, 0.1) is 6.42 Å². The van der Waals surface area contributed by atoms with E-state index in [0.717, 1.165) is 27.9 Å². The van der Waals surface area contributed by atoms with Crippen LogP contribution in [0.5, 0.6) is 5.75 Å². The summed E-state index contributed by atoms with van der Waals surface area (Å²) in [7, 11) is 0. The summed E-state index contributed by atoms with van der Waals surface area (Å²) in [5.74, 6) is -0.616. The fourth-order valence-electron chi connectivity index (χ4n) is 2.73. The molecular formula is C19H21F3N2O2. The number of aryl methyl sites for hydroxylation is 1. The monoisotopic (exact) mass is 366 g/mol. The minimum absolute atomic E-state index is 0.188. The molecular weight excluding hydrogens is 345 g/mol. The summed E-state index contributed by atoms with van der Waals surface area (Å²) in [6.07, 6.45) is -3.87. The highest BCUT2D eigenvalue weighted by Gasteiger charge is 2.30. The van der Waals surface area contributed by atoms with E-state index in [2.05, 4.69) is 10.1 Å². The van der Waals surface area contributed by atoms with Crippen LogP contribution in [0.15, 0.2) is 36.4 Å². The minimum Gasteiger partial charge on any atom is -0.406 e. The third-order valence-electron chi connectivity index (χ3n) is 4.07. The van der Waals surface area contributed by atoms with Crippen LogP contribution in [0.3, 0.4) is 0 Å². The highest BCUT2D eigenvalue weighted by molar-refractivity contribution is 5.78. The van der Waals surface area contributed by atoms with Crippen molar-refractivity contribution in [3.05, 3.63) is 58.7 Å². The van der Waals surface area contributed by atoms with Gasteiger partial charge in [-0.25, -0.2) is 0 Å². The Morgan fingerprint density at radius 2 is 1.77 bits per heavy atom. The molecule has 0 atom stereocenters. The maximum absolute atomic E-state index is 12.1. The first-order valence-corrected chi connectivity index (χ1v) is 8.11. The van der Waals surface area contributed by atoms with Gasteiger partial charge in [-0.3, -0.25) is 4.79 Å². The van der Waals surface area contributed by atoms with Crippen LogP contribution in [0, 0.1) is 13.8 Å². The molecule has 7 heteroatoms. The summed E-state index contributed by atoms with van der Waals surface area (Å²) < 4.78 is 40.3. The van der Waals surface area contributed by atoms with Crippen molar-refractivity contribution >= 4 is 11.6 Å². The van der Waals surface area contributed by atoms with Gasteiger partial charge in [0, 0.05) is 12.2 Å². The highest BCUT2D eigenvalue weighted by Crippen LogP contribution is 2.24. The lowest BCUT2D eigenvalue weighted by atomic mass is 9.98. The number of nitrogens with one attached hydrogen (secondary N) is 1. The van der Waals surface area contributed by atoms with E-state index in [1.165, 1.54) is 12.1 Å². The number of ether oxygens (including phenoxy) is 1. The predicted octanol–water partition coefficient (Wildman–Crippen LogP) is 3.88. The van der Waals surface area contributed by atoms with Gasteiger partial charge in [-0.2, -0.15) is 0 Å². The molecule has 0 fully saturated rings. The van der Waals surface area contributed by atoms with E-state index in [1.807, 2.05) is 26.0 Å². The number of halogens is 3. The van der Waals surface area contributed by atoms with Gasteiger partial charge in [0.1, 0.15) is 5.75 Å². The third kappa shape index (κ3) is 5.68. The van der Waals surface area contributed by atoms with Crippen molar-refractivity contribution in [2.45, 2.75) is 33.1 Å². The Morgan fingerprint density at radius 3 is 2.35 bits per heavy atom. The molecule has 0 aromatic heterocycles. The predicted molar refractivity (Wildman–Crippen MR) is 94.1 cm³/mol. The van der Waals surface area contributed by atoms with Crippen molar-refractivity contribution in [2.75, 3.05) is 11.9 Å². The van der Waals surface area contributed by atoms with Crippen LogP contribution >= 0.6 is 0 Å². The number of nitrogens with two attached hydrogens (primary N) is 1. The zero-order chi connectivity index (χ0) is 19.3. The van der Waals surface area contributed by atoms with Crippen molar-refractivity contribution in [1.82, 2.24) is 0 Å². The highest BCUT2D eigenvalue weighted by atomic mass is 19.4. The average Bonchev–Trinajstić information content (AvgIpc) is 2.53. The second kappa shape index (κ2) is 8.12. The SMILES string of the molecule is Cc1ccc(NCCc2ccc(OC(F)(F)F)cc2)c(C)c1CC(N)=O. The van der Waals surface area contributed by atoms with E-state index in [4.69, 9.17) is 5.73 Å². The van der Waals surface area contributed by atoms with Crippen LogP contribution in [-0.2, 0) is 17.6 Å². The summed E-state index contributed by atoms with van der Waals surface area (Å²) in [5, 5.41) is 3.29. The van der Waals surface area contributed by atoms with E-state index in [0.29, 0.717) is 13.0 Å². The van der Waals surface area contributed by atoms with Gasteiger partial charge >= 0.3 is 6.36 Å². The standard InChI is InChI=1S/C19H21F3N2O2/c1-12-3-8-17(13(2)16(12)11-18(23)25)24-10-9-14-4-6-15(7-5-14)26-19(20,21)22/h3-8,24H,9-11H2,1-2H3,(H2,23,25). The lowest BCUT2D eigenvalue weighted by Gasteiger charge is -2.15. The lowest BCUT2D eigenvalue weighted by molar-refractivity contribution is -0.274. The van der Waals surface area contributed by atoms with Crippen LogP contribution < -0.4 is 15.8 Å². The third-order valence-corrected chi connectivity index (χ3v) is 4.07. The second-order valence-electron chi connectivity index (χ2n) is 6.05. The zero-order valence-corrected chi connectivity index (χ0v) is 14.6. The summed E-state index contributed by atoms with van der Waals surface area (Å²) >= 11 is 0. The summed E-state index contributed by atoms with van der Waals surface area (Å²) in [4.78, 5) is 11.2. The van der Waals surface area contributed by atoms with Crippen molar-refractivity contribution in [3.8, 4) is 5.75 Å². The smallest absolute Gasteiger partial charge is 0.406 e. The van der Waals surface area contributed by atoms with Crippen molar-refractivity contribution in [3.63, 3.8) is 0 Å². The molecule has 2 aromatic carbocycles. The molecule has 0 saturated carbocycles. The number of amides is 1. The maximum Gasteiger partial charge on any atom is 0.573 e. The van der Waals surface area contributed by atoms with E-state index in [-0.39, 0.29) is 18.1 Å². The summed E-state index contributed by atoms with van der Waals surface area (Å²) in [6, 6.07) is 9.66. The number of carbonyl (C=O) groups excluding carboxylic acids is 1. The second-order valence-corrected chi connectivity index (χ2v) is 6.05. The topological polar surface area (TPSA) is 64.3 Å². The maximum atomic E-state index is 12.1. The summed E-state index contributed by atoms with van der Waals surface area (Å²) in [5.41, 5.74) is 9.98. The van der Waals surface area contributed by atoms with Gasteiger partial charge < -0.3 is 15.8 Å². The molecule has 2 rings (SSSR count). The van der Waals surface area contributed by atoms with Gasteiger partial charge in [0.2, 0.25) is 5.91 Å². The number of alkyl halides is 3. The first-order valence-electron chi connectivity index (χ1n) is 8.11. The number of hydrogen-bond acceptors (Lipinski definition) is 3. The number of benzene rings is 2. The molecule has 1 amide bonds. The molecule has 26 heavy (non-hydrogen) atoms. The number of rotatable bonds is 7. The van der Waals surface area contributed by atoms with Gasteiger partial charge in [0.25, 0.3) is 0 Å². The summed E-state index contributed by atoms with van der Waals surface area (Å²) in [6.45, 7) is 4.45. The van der Waals surface area contributed by atoms with E-state index in [1.54, 1.807) is 12.1 Å². The number of hydrogen-bond donors (Lipinski definition) is 2. The van der Waals surface area contributed by atoms with Gasteiger partial charge in [-0.05, 0) is 60.7 Å². The first kappa shape index (κ1) is 19.6. The van der Waals surface area contributed by atoms with Crippen LogP contribution in [0.25, 0.3) is 0 Å². The van der Waals surface area contributed by atoms with Crippen LogP contribution in [-0.4, -0.2) is 18.8 Å². The molecule has 0 bridgehead atoms. The van der Waals surface area contributed by atoms with Gasteiger partial charge in [0.15, 0.2) is 0 Å². The molecule has 140 valence electrons. The molecule has 0 unspecified atom stereocenters. The van der Waals surface area contributed by atoms with Crippen molar-refractivity contribution in [2.24, 2.45) is 5.73 Å². The van der Waals surface area contributed by atoms with Crippen LogP contribution in [0.2, 0.25) is 0 Å². The van der Waals surface area contributed by atoms with Gasteiger partial charge in [-0.15, -0.1) is 13.2 Å². The number of carbonyl (C=O) groups is 1. The molecule has 0 radical (unpaired) electrons. The van der Waals surface area contributed by atoms with Crippen LogP contribution in [0.1, 0.15) is 22.3 Å². The Labute approximate surface area is 150 Å². The molecule has 0 heterocycles. The quantitative estimate of drug-likeness (QED) is 0.782. The lowest BCUT2D eigenvalue weighted by Crippen LogP contribution is -2.17. The van der Waals surface area contributed by atoms with Crippen LogP contribution in [0.4, 0.5) is 18.9 Å². The van der Waals surface area contributed by atoms with E-state index >= 15 is 0 Å². The molecule has 2 aromatic rings. The Balaban J connectivity index is 1.96. The molecule has 0 spiro atoms. The minimum atomic E-state index is -4.69. The number of anilines is 1. The Morgan fingerprint density at radius 1 is 1.12 bits per heavy atom. The molecule has 0 aliphatic carbocycles. The average molecular weight is 366 g/mol. The van der Waals surface area contributed by atoms with E-state index < -0.39 is 6.36 Å².